The van der Waals surface area contributed by atoms with Crippen LogP contribution in [0.25, 0.3) is 0 Å². The van der Waals surface area contributed by atoms with Crippen molar-refractivity contribution in [2.24, 2.45) is 5.92 Å². The molecule has 1 aliphatic rings. The highest BCUT2D eigenvalue weighted by Crippen LogP contribution is 2.30. The number of piperidine rings is 1. The van der Waals surface area contributed by atoms with Gasteiger partial charge in [-0.25, -0.2) is 0 Å². The van der Waals surface area contributed by atoms with Crippen molar-refractivity contribution in [3.05, 3.63) is 59.7 Å². The predicted molar refractivity (Wildman–Crippen MR) is 106 cm³/mol. The number of amides is 1. The highest BCUT2D eigenvalue weighted by Gasteiger charge is 2.31. The van der Waals surface area contributed by atoms with E-state index in [2.05, 4.69) is 17.1 Å². The van der Waals surface area contributed by atoms with E-state index in [9.17, 15) is 4.79 Å². The second-order valence-electron chi connectivity index (χ2n) is 7.25. The maximum Gasteiger partial charge on any atom is 0.246 e. The molecule has 4 heteroatoms. The molecule has 0 aromatic heterocycles. The summed E-state index contributed by atoms with van der Waals surface area (Å²) in [7, 11) is 1.63. The molecule has 1 aliphatic heterocycles. The standard InChI is InChI=1S/C22H28N2O2/c1-16-11-12-20(26-3)19(14-16)23-22(25)21(18-9-5-4-6-10-18)24-13-7-8-17(2)15-24/h4-6,9-12,14,17,21H,7-8,13,15H2,1-3H3,(H,23,25). The number of ether oxygens (including phenoxy) is 1. The zero-order chi connectivity index (χ0) is 18.5. The third-order valence-corrected chi connectivity index (χ3v) is 5.03. The Morgan fingerprint density at radius 3 is 2.69 bits per heavy atom. The molecule has 1 N–H and O–H groups in total. The lowest BCUT2D eigenvalue weighted by atomic mass is 9.95. The summed E-state index contributed by atoms with van der Waals surface area (Å²) in [5.41, 5.74) is 2.85. The van der Waals surface area contributed by atoms with Crippen molar-refractivity contribution >= 4 is 11.6 Å². The van der Waals surface area contributed by atoms with Crippen LogP contribution in [0.2, 0.25) is 0 Å². The lowest BCUT2D eigenvalue weighted by molar-refractivity contribution is -0.122. The minimum absolute atomic E-state index is 0.00537. The van der Waals surface area contributed by atoms with Crippen LogP contribution in [-0.4, -0.2) is 31.0 Å². The van der Waals surface area contributed by atoms with Crippen LogP contribution >= 0.6 is 0 Å². The zero-order valence-corrected chi connectivity index (χ0v) is 15.9. The van der Waals surface area contributed by atoms with Crippen LogP contribution in [-0.2, 0) is 4.79 Å². The van der Waals surface area contributed by atoms with Crippen LogP contribution in [0.5, 0.6) is 5.75 Å². The average Bonchev–Trinajstić information content (AvgIpc) is 2.63. The molecule has 1 heterocycles. The number of anilines is 1. The number of benzene rings is 2. The molecule has 1 fully saturated rings. The third-order valence-electron chi connectivity index (χ3n) is 5.03. The quantitative estimate of drug-likeness (QED) is 0.866. The van der Waals surface area contributed by atoms with Gasteiger partial charge in [0.25, 0.3) is 0 Å². The van der Waals surface area contributed by atoms with E-state index in [-0.39, 0.29) is 11.9 Å². The Kier molecular flexibility index (Phi) is 5.94. The van der Waals surface area contributed by atoms with E-state index in [1.807, 2.05) is 55.5 Å². The summed E-state index contributed by atoms with van der Waals surface area (Å²) in [5.74, 6) is 1.29. The van der Waals surface area contributed by atoms with Gasteiger partial charge in [-0.1, -0.05) is 43.3 Å². The van der Waals surface area contributed by atoms with Crippen molar-refractivity contribution in [1.29, 1.82) is 0 Å². The van der Waals surface area contributed by atoms with E-state index >= 15 is 0 Å². The van der Waals surface area contributed by atoms with Crippen LogP contribution < -0.4 is 10.1 Å². The number of aryl methyl sites for hydroxylation is 1. The Morgan fingerprint density at radius 1 is 1.23 bits per heavy atom. The van der Waals surface area contributed by atoms with Gasteiger partial charge in [0.05, 0.1) is 12.8 Å². The lowest BCUT2D eigenvalue weighted by Gasteiger charge is -2.36. The molecule has 138 valence electrons. The van der Waals surface area contributed by atoms with E-state index in [0.717, 1.165) is 36.3 Å². The normalized spacial score (nSPS) is 19.0. The van der Waals surface area contributed by atoms with Gasteiger partial charge in [-0.15, -0.1) is 0 Å². The molecule has 2 aromatic carbocycles. The molecule has 0 radical (unpaired) electrons. The van der Waals surface area contributed by atoms with E-state index in [4.69, 9.17) is 4.74 Å². The molecular formula is C22H28N2O2. The summed E-state index contributed by atoms with van der Waals surface area (Å²) in [6.07, 6.45) is 2.36. The summed E-state index contributed by atoms with van der Waals surface area (Å²) in [5, 5.41) is 3.11. The largest absolute Gasteiger partial charge is 0.495 e. The Hall–Kier alpha value is -2.33. The topological polar surface area (TPSA) is 41.6 Å². The molecule has 2 unspecified atom stereocenters. The summed E-state index contributed by atoms with van der Waals surface area (Å²) >= 11 is 0. The van der Waals surface area contributed by atoms with Gasteiger partial charge in [-0.05, 0) is 55.5 Å². The Morgan fingerprint density at radius 2 is 2.00 bits per heavy atom. The van der Waals surface area contributed by atoms with Crippen LogP contribution in [0.4, 0.5) is 5.69 Å². The molecule has 0 saturated carbocycles. The monoisotopic (exact) mass is 352 g/mol. The average molecular weight is 352 g/mol. The van der Waals surface area contributed by atoms with Crippen molar-refractivity contribution in [2.75, 3.05) is 25.5 Å². The molecule has 0 bridgehead atoms. The maximum absolute atomic E-state index is 13.3. The van der Waals surface area contributed by atoms with Gasteiger partial charge >= 0.3 is 0 Å². The van der Waals surface area contributed by atoms with E-state index in [0.29, 0.717) is 11.7 Å². The third kappa shape index (κ3) is 4.25. The second-order valence-corrected chi connectivity index (χ2v) is 7.25. The van der Waals surface area contributed by atoms with Gasteiger partial charge in [0, 0.05) is 6.54 Å². The molecule has 4 nitrogen and oxygen atoms in total. The zero-order valence-electron chi connectivity index (χ0n) is 15.9. The number of rotatable bonds is 5. The number of carbonyl (C=O) groups excluding carboxylic acids is 1. The first-order valence-corrected chi connectivity index (χ1v) is 9.33. The summed E-state index contributed by atoms with van der Waals surface area (Å²) < 4.78 is 5.42. The van der Waals surface area contributed by atoms with Crippen molar-refractivity contribution in [2.45, 2.75) is 32.7 Å². The minimum Gasteiger partial charge on any atom is -0.495 e. The van der Waals surface area contributed by atoms with Crippen LogP contribution in [0.15, 0.2) is 48.5 Å². The van der Waals surface area contributed by atoms with Gasteiger partial charge in [-0.2, -0.15) is 0 Å². The first kappa shape index (κ1) is 18.5. The first-order chi connectivity index (χ1) is 12.6. The number of methoxy groups -OCH3 is 1. The molecule has 2 aromatic rings. The molecule has 0 spiro atoms. The highest BCUT2D eigenvalue weighted by atomic mass is 16.5. The van der Waals surface area contributed by atoms with E-state index in [1.54, 1.807) is 7.11 Å². The Bertz CT molecular complexity index is 745. The van der Waals surface area contributed by atoms with Crippen molar-refractivity contribution in [1.82, 2.24) is 4.90 Å². The molecule has 2 atom stereocenters. The van der Waals surface area contributed by atoms with Gasteiger partial charge < -0.3 is 10.1 Å². The van der Waals surface area contributed by atoms with Crippen LogP contribution in [0.1, 0.15) is 36.9 Å². The number of hydrogen-bond donors (Lipinski definition) is 1. The summed E-state index contributed by atoms with van der Waals surface area (Å²) in [6, 6.07) is 15.6. The Labute approximate surface area is 156 Å². The maximum atomic E-state index is 13.3. The van der Waals surface area contributed by atoms with Gasteiger partial charge in [0.2, 0.25) is 5.91 Å². The van der Waals surface area contributed by atoms with Crippen LogP contribution in [0.3, 0.4) is 0 Å². The molecule has 3 rings (SSSR count). The number of nitrogens with zero attached hydrogens (tertiary/aromatic N) is 1. The SMILES string of the molecule is COc1ccc(C)cc1NC(=O)C(c1ccccc1)N1CCCC(C)C1. The second kappa shape index (κ2) is 8.37. The predicted octanol–water partition coefficient (Wildman–Crippen LogP) is 4.42. The minimum atomic E-state index is -0.288. The van der Waals surface area contributed by atoms with Crippen LogP contribution in [0, 0.1) is 12.8 Å². The lowest BCUT2D eigenvalue weighted by Crippen LogP contribution is -2.42. The fourth-order valence-electron chi connectivity index (χ4n) is 3.74. The molecule has 1 saturated heterocycles. The molecule has 0 aliphatic carbocycles. The van der Waals surface area contributed by atoms with Gasteiger partial charge in [0.15, 0.2) is 0 Å². The van der Waals surface area contributed by atoms with Gasteiger partial charge in [-0.3, -0.25) is 9.69 Å². The fourth-order valence-corrected chi connectivity index (χ4v) is 3.74. The Balaban J connectivity index is 1.89. The van der Waals surface area contributed by atoms with E-state index in [1.165, 1.54) is 6.42 Å². The summed E-state index contributed by atoms with van der Waals surface area (Å²) in [6.45, 7) is 6.16. The van der Waals surface area contributed by atoms with E-state index < -0.39 is 0 Å². The van der Waals surface area contributed by atoms with Crippen molar-refractivity contribution in [3.63, 3.8) is 0 Å². The molecule has 26 heavy (non-hydrogen) atoms. The number of carbonyl (C=O) groups is 1. The highest BCUT2D eigenvalue weighted by molar-refractivity contribution is 5.96. The number of likely N-dealkylation sites (tertiary alicyclic amines) is 1. The smallest absolute Gasteiger partial charge is 0.246 e. The summed E-state index contributed by atoms with van der Waals surface area (Å²) in [4.78, 5) is 15.6. The molecular weight excluding hydrogens is 324 g/mol. The van der Waals surface area contributed by atoms with Crippen molar-refractivity contribution < 1.29 is 9.53 Å². The number of hydrogen-bond acceptors (Lipinski definition) is 3. The fraction of sp³-hybridized carbons (Fsp3) is 0.409. The number of nitrogens with one attached hydrogen (secondary N) is 1. The van der Waals surface area contributed by atoms with Crippen molar-refractivity contribution in [3.8, 4) is 5.75 Å². The first-order valence-electron chi connectivity index (χ1n) is 9.33. The molecule has 1 amide bonds. The van der Waals surface area contributed by atoms with Gasteiger partial charge in [0.1, 0.15) is 11.8 Å².